The lowest BCUT2D eigenvalue weighted by Gasteiger charge is -2.06. The number of nitriles is 1. The lowest BCUT2D eigenvalue weighted by molar-refractivity contribution is 0.151. The van der Waals surface area contributed by atoms with Gasteiger partial charge in [-0.25, -0.2) is 13.8 Å². The van der Waals surface area contributed by atoms with E-state index in [1.54, 1.807) is 17.1 Å². The van der Waals surface area contributed by atoms with Crippen LogP contribution in [0.2, 0.25) is 0 Å². The molecule has 3 nitrogen and oxygen atoms in total. The van der Waals surface area contributed by atoms with Gasteiger partial charge in [-0.3, -0.25) is 0 Å². The maximum atomic E-state index is 12.5. The molecule has 0 saturated heterocycles. The summed E-state index contributed by atoms with van der Waals surface area (Å²) in [6, 6.07) is 5.94. The first-order valence-electron chi connectivity index (χ1n) is 4.95. The molecule has 17 heavy (non-hydrogen) atoms. The van der Waals surface area contributed by atoms with E-state index in [0.29, 0.717) is 5.69 Å². The third-order valence-corrected chi connectivity index (χ3v) is 2.38. The zero-order valence-electron chi connectivity index (χ0n) is 9.06. The molecule has 0 atom stereocenters. The molecule has 2 aromatic rings. The van der Waals surface area contributed by atoms with Gasteiger partial charge in [-0.2, -0.15) is 5.26 Å². The van der Waals surface area contributed by atoms with Gasteiger partial charge in [0.15, 0.2) is 0 Å². The maximum Gasteiger partial charge on any atom is 0.263 e. The molecule has 0 bridgehead atoms. The summed E-state index contributed by atoms with van der Waals surface area (Å²) in [5.41, 5.74) is 1.41. The van der Waals surface area contributed by atoms with Gasteiger partial charge in [0.05, 0.1) is 23.3 Å². The van der Waals surface area contributed by atoms with Gasteiger partial charge in [-0.05, 0) is 19.1 Å². The molecule has 1 aromatic carbocycles. The minimum Gasteiger partial charge on any atom is -0.305 e. The summed E-state index contributed by atoms with van der Waals surface area (Å²) < 4.78 is 26.6. The van der Waals surface area contributed by atoms with Gasteiger partial charge in [0.2, 0.25) is 0 Å². The highest BCUT2D eigenvalue weighted by Crippen LogP contribution is 2.23. The predicted molar refractivity (Wildman–Crippen MR) is 58.0 cm³/mol. The number of hydrogen-bond acceptors (Lipinski definition) is 2. The van der Waals surface area contributed by atoms with Crippen molar-refractivity contribution in [3.05, 3.63) is 47.5 Å². The lowest BCUT2D eigenvalue weighted by atomic mass is 10.1. The highest BCUT2D eigenvalue weighted by Gasteiger charge is 2.11. The van der Waals surface area contributed by atoms with Crippen molar-refractivity contribution in [3.63, 3.8) is 0 Å². The molecule has 0 radical (unpaired) electrons. The van der Waals surface area contributed by atoms with Crippen LogP contribution < -0.4 is 0 Å². The zero-order valence-corrected chi connectivity index (χ0v) is 9.06. The van der Waals surface area contributed by atoms with Gasteiger partial charge in [-0.1, -0.05) is 6.07 Å². The Kier molecular flexibility index (Phi) is 2.88. The number of rotatable bonds is 2. The molecule has 0 spiro atoms. The van der Waals surface area contributed by atoms with Crippen molar-refractivity contribution in [1.29, 1.82) is 5.26 Å². The highest BCUT2D eigenvalue weighted by atomic mass is 19.3. The molecule has 2 rings (SSSR count). The van der Waals surface area contributed by atoms with Crippen molar-refractivity contribution in [2.45, 2.75) is 13.3 Å². The van der Waals surface area contributed by atoms with E-state index in [4.69, 9.17) is 5.26 Å². The Balaban J connectivity index is 2.53. The molecule has 86 valence electrons. The Morgan fingerprint density at radius 3 is 2.71 bits per heavy atom. The van der Waals surface area contributed by atoms with Gasteiger partial charge in [0.25, 0.3) is 6.43 Å². The second-order valence-corrected chi connectivity index (χ2v) is 3.61. The van der Waals surface area contributed by atoms with Crippen LogP contribution in [0.1, 0.15) is 23.2 Å². The summed E-state index contributed by atoms with van der Waals surface area (Å²) in [6.45, 7) is 1.82. The van der Waals surface area contributed by atoms with Crippen LogP contribution in [0.3, 0.4) is 0 Å². The van der Waals surface area contributed by atoms with Crippen LogP contribution in [0.15, 0.2) is 30.7 Å². The number of halogens is 2. The topological polar surface area (TPSA) is 41.6 Å². The van der Waals surface area contributed by atoms with E-state index in [1.165, 1.54) is 18.2 Å². The minimum absolute atomic E-state index is 0.151. The Morgan fingerprint density at radius 1 is 1.41 bits per heavy atom. The van der Waals surface area contributed by atoms with E-state index < -0.39 is 6.43 Å². The van der Waals surface area contributed by atoms with Crippen molar-refractivity contribution < 1.29 is 8.78 Å². The Morgan fingerprint density at radius 2 is 2.18 bits per heavy atom. The fraction of sp³-hybridized carbons (Fsp3) is 0.167. The van der Waals surface area contributed by atoms with E-state index in [-0.39, 0.29) is 11.1 Å². The zero-order chi connectivity index (χ0) is 12.4. The molecule has 1 heterocycles. The molecular weight excluding hydrogens is 224 g/mol. The average Bonchev–Trinajstić information content (AvgIpc) is 2.74. The number of aryl methyl sites for hydroxylation is 1. The van der Waals surface area contributed by atoms with Crippen LogP contribution in [0, 0.1) is 18.3 Å². The number of hydrogen-bond donors (Lipinski definition) is 0. The standard InChI is InChI=1S/C12H9F2N3/c1-8-6-17(7-16-8)11-3-2-9(12(13)14)4-10(11)5-15/h2-4,6-7,12H,1H3. The van der Waals surface area contributed by atoms with Crippen molar-refractivity contribution in [1.82, 2.24) is 9.55 Å². The van der Waals surface area contributed by atoms with Crippen LogP contribution in [0.25, 0.3) is 5.69 Å². The van der Waals surface area contributed by atoms with Crippen LogP contribution >= 0.6 is 0 Å². The first kappa shape index (κ1) is 11.3. The third-order valence-electron chi connectivity index (χ3n) is 2.38. The molecule has 5 heteroatoms. The van der Waals surface area contributed by atoms with Crippen molar-refractivity contribution in [2.24, 2.45) is 0 Å². The van der Waals surface area contributed by atoms with E-state index in [9.17, 15) is 8.78 Å². The fourth-order valence-electron chi connectivity index (χ4n) is 1.56. The molecule has 1 aromatic heterocycles. The molecule has 0 N–H and O–H groups in total. The molecule has 0 aliphatic heterocycles. The predicted octanol–water partition coefficient (Wildman–Crippen LogP) is 2.99. The van der Waals surface area contributed by atoms with Crippen LogP contribution in [-0.4, -0.2) is 9.55 Å². The lowest BCUT2D eigenvalue weighted by Crippen LogP contribution is -1.96. The first-order chi connectivity index (χ1) is 8.11. The van der Waals surface area contributed by atoms with Crippen molar-refractivity contribution >= 4 is 0 Å². The molecule has 0 aliphatic carbocycles. The monoisotopic (exact) mass is 233 g/mol. The van der Waals surface area contributed by atoms with Gasteiger partial charge >= 0.3 is 0 Å². The second kappa shape index (κ2) is 4.34. The van der Waals surface area contributed by atoms with Gasteiger partial charge in [0, 0.05) is 11.8 Å². The highest BCUT2D eigenvalue weighted by molar-refractivity contribution is 5.51. The Labute approximate surface area is 96.9 Å². The number of aromatic nitrogens is 2. The normalized spacial score (nSPS) is 10.5. The maximum absolute atomic E-state index is 12.5. The van der Waals surface area contributed by atoms with Crippen LogP contribution in [0.5, 0.6) is 0 Å². The summed E-state index contributed by atoms with van der Waals surface area (Å²) in [5, 5.41) is 8.96. The molecule has 0 aliphatic rings. The molecule has 0 fully saturated rings. The third kappa shape index (κ3) is 2.16. The first-order valence-corrected chi connectivity index (χ1v) is 4.95. The Hall–Kier alpha value is -2.22. The SMILES string of the molecule is Cc1cn(-c2ccc(C(F)F)cc2C#N)cn1. The van der Waals surface area contributed by atoms with E-state index >= 15 is 0 Å². The molecule has 0 unspecified atom stereocenters. The van der Waals surface area contributed by atoms with Gasteiger partial charge < -0.3 is 4.57 Å². The van der Waals surface area contributed by atoms with Crippen molar-refractivity contribution in [2.75, 3.05) is 0 Å². The van der Waals surface area contributed by atoms with E-state index in [0.717, 1.165) is 5.69 Å². The fourth-order valence-corrected chi connectivity index (χ4v) is 1.56. The van der Waals surface area contributed by atoms with Gasteiger partial charge in [0.1, 0.15) is 6.07 Å². The quantitative estimate of drug-likeness (QED) is 0.800. The summed E-state index contributed by atoms with van der Waals surface area (Å²) in [4.78, 5) is 4.03. The van der Waals surface area contributed by atoms with Crippen LogP contribution in [0.4, 0.5) is 8.78 Å². The molecule has 0 saturated carbocycles. The molecule has 0 amide bonds. The number of benzene rings is 1. The number of imidazole rings is 1. The van der Waals surface area contributed by atoms with E-state index in [2.05, 4.69) is 4.98 Å². The second-order valence-electron chi connectivity index (χ2n) is 3.61. The van der Waals surface area contributed by atoms with E-state index in [1.807, 2.05) is 13.0 Å². The minimum atomic E-state index is -2.57. The summed E-state index contributed by atoms with van der Waals surface area (Å²) in [5.74, 6) is 0. The van der Waals surface area contributed by atoms with Crippen molar-refractivity contribution in [3.8, 4) is 11.8 Å². The smallest absolute Gasteiger partial charge is 0.263 e. The summed E-state index contributed by atoms with van der Waals surface area (Å²) in [6.07, 6.45) is 0.715. The largest absolute Gasteiger partial charge is 0.305 e. The summed E-state index contributed by atoms with van der Waals surface area (Å²) >= 11 is 0. The summed E-state index contributed by atoms with van der Waals surface area (Å²) in [7, 11) is 0. The number of nitrogens with zero attached hydrogens (tertiary/aromatic N) is 3. The molecular formula is C12H9F2N3. The average molecular weight is 233 g/mol. The van der Waals surface area contributed by atoms with Gasteiger partial charge in [-0.15, -0.1) is 0 Å². The number of alkyl halides is 2. The Bertz CT molecular complexity index is 582. The van der Waals surface area contributed by atoms with Crippen LogP contribution in [-0.2, 0) is 0 Å².